The Hall–Kier alpha value is -2.42. The molecule has 0 spiro atoms. The molecule has 0 unspecified atom stereocenters. The zero-order valence-corrected chi connectivity index (χ0v) is 10.9. The van der Waals surface area contributed by atoms with Gasteiger partial charge in [0.15, 0.2) is 0 Å². The highest BCUT2D eigenvalue weighted by molar-refractivity contribution is 5.93. The van der Waals surface area contributed by atoms with Crippen molar-refractivity contribution >= 4 is 17.1 Å². The lowest BCUT2D eigenvalue weighted by atomic mass is 9.97. The van der Waals surface area contributed by atoms with Crippen molar-refractivity contribution in [3.63, 3.8) is 0 Å². The summed E-state index contributed by atoms with van der Waals surface area (Å²) in [6.07, 6.45) is 0. The number of fused-ring (bicyclic) bond motifs is 2. The van der Waals surface area contributed by atoms with Crippen LogP contribution >= 0.6 is 0 Å². The number of hydrogen-bond donors (Lipinski definition) is 2. The van der Waals surface area contributed by atoms with Gasteiger partial charge in [-0.1, -0.05) is 42.5 Å². The van der Waals surface area contributed by atoms with Crippen LogP contribution in [0.15, 0.2) is 48.5 Å². The Morgan fingerprint density at radius 3 is 2.21 bits per heavy atom. The first-order valence-corrected chi connectivity index (χ1v) is 6.32. The zero-order valence-electron chi connectivity index (χ0n) is 10.9. The third kappa shape index (κ3) is 1.83. The van der Waals surface area contributed by atoms with E-state index in [1.807, 2.05) is 36.4 Å². The summed E-state index contributed by atoms with van der Waals surface area (Å²) in [5.41, 5.74) is 18.2. The molecular formula is C16H17N3. The molecule has 2 aromatic rings. The maximum atomic E-state index is 6.26. The number of nitrogens with two attached hydrogens (primary N) is 2. The number of hydrogen-bond acceptors (Lipinski definition) is 3. The second-order valence-corrected chi connectivity index (χ2v) is 4.86. The van der Waals surface area contributed by atoms with Gasteiger partial charge in [-0.2, -0.15) is 0 Å². The van der Waals surface area contributed by atoms with Crippen LogP contribution in [-0.2, 0) is 6.54 Å². The monoisotopic (exact) mass is 251 g/mol. The molecule has 0 saturated heterocycles. The number of nitrogens with zero attached hydrogens (tertiary/aromatic N) is 1. The predicted molar refractivity (Wildman–Crippen MR) is 80.2 cm³/mol. The maximum absolute atomic E-state index is 6.26. The molecule has 0 bridgehead atoms. The van der Waals surface area contributed by atoms with Gasteiger partial charge in [-0.25, -0.2) is 0 Å². The molecule has 0 amide bonds. The molecule has 0 fully saturated rings. The van der Waals surface area contributed by atoms with Crippen LogP contribution in [0.1, 0.15) is 16.7 Å². The second kappa shape index (κ2) is 4.35. The van der Waals surface area contributed by atoms with Crippen molar-refractivity contribution in [2.45, 2.75) is 6.54 Å². The number of anilines is 1. The second-order valence-electron chi connectivity index (χ2n) is 4.86. The predicted octanol–water partition coefficient (Wildman–Crippen LogP) is 2.38. The molecule has 0 atom stereocenters. The van der Waals surface area contributed by atoms with Gasteiger partial charge in [0.25, 0.3) is 0 Å². The van der Waals surface area contributed by atoms with Crippen LogP contribution in [0.2, 0.25) is 0 Å². The molecule has 0 aliphatic carbocycles. The summed E-state index contributed by atoms with van der Waals surface area (Å²) in [7, 11) is 2.07. The van der Waals surface area contributed by atoms with E-state index in [1.54, 1.807) is 0 Å². The highest BCUT2D eigenvalue weighted by Crippen LogP contribution is 2.32. The third-order valence-corrected chi connectivity index (χ3v) is 3.61. The SMILES string of the molecule is CN1Cc2ccccc2/C(N)=C(/N)c2ccccc21. The van der Waals surface area contributed by atoms with E-state index >= 15 is 0 Å². The molecule has 1 aliphatic heterocycles. The van der Waals surface area contributed by atoms with Gasteiger partial charge in [0.1, 0.15) is 0 Å². The van der Waals surface area contributed by atoms with Crippen LogP contribution in [-0.4, -0.2) is 7.05 Å². The van der Waals surface area contributed by atoms with Gasteiger partial charge in [0, 0.05) is 30.4 Å². The third-order valence-electron chi connectivity index (χ3n) is 3.61. The Morgan fingerprint density at radius 1 is 0.842 bits per heavy atom. The van der Waals surface area contributed by atoms with Crippen LogP contribution in [0.5, 0.6) is 0 Å². The minimum atomic E-state index is 0.648. The zero-order chi connectivity index (χ0) is 13.4. The molecule has 2 aromatic carbocycles. The van der Waals surface area contributed by atoms with Crippen LogP contribution in [0, 0.1) is 0 Å². The fourth-order valence-corrected chi connectivity index (χ4v) is 2.59. The van der Waals surface area contributed by atoms with Gasteiger partial charge < -0.3 is 16.4 Å². The lowest BCUT2D eigenvalue weighted by molar-refractivity contribution is 0.914. The van der Waals surface area contributed by atoms with Crippen molar-refractivity contribution in [1.29, 1.82) is 0 Å². The van der Waals surface area contributed by atoms with Gasteiger partial charge in [-0.05, 0) is 11.6 Å². The van der Waals surface area contributed by atoms with Crippen molar-refractivity contribution in [2.24, 2.45) is 11.5 Å². The molecular weight excluding hydrogens is 234 g/mol. The quantitative estimate of drug-likeness (QED) is 0.756. The largest absolute Gasteiger partial charge is 0.397 e. The average molecular weight is 251 g/mol. The van der Waals surface area contributed by atoms with E-state index in [1.165, 1.54) is 5.56 Å². The normalized spacial score (nSPS) is 18.3. The molecule has 0 aromatic heterocycles. The molecule has 1 aliphatic rings. The molecule has 0 saturated carbocycles. The van der Waals surface area contributed by atoms with Crippen molar-refractivity contribution in [3.05, 3.63) is 65.2 Å². The lowest BCUT2D eigenvalue weighted by Crippen LogP contribution is -2.23. The number of benzene rings is 2. The molecule has 3 heteroatoms. The smallest absolute Gasteiger partial charge is 0.0648 e. The summed E-state index contributed by atoms with van der Waals surface area (Å²) in [5, 5.41) is 0. The number of rotatable bonds is 0. The number of para-hydroxylation sites is 1. The van der Waals surface area contributed by atoms with E-state index in [9.17, 15) is 0 Å². The Kier molecular flexibility index (Phi) is 2.67. The van der Waals surface area contributed by atoms with Crippen LogP contribution in [0.4, 0.5) is 5.69 Å². The highest BCUT2D eigenvalue weighted by atomic mass is 15.1. The van der Waals surface area contributed by atoms with E-state index in [-0.39, 0.29) is 0 Å². The van der Waals surface area contributed by atoms with E-state index < -0.39 is 0 Å². The first kappa shape index (κ1) is 11.7. The Labute approximate surface area is 113 Å². The fraction of sp³-hybridized carbons (Fsp3) is 0.125. The summed E-state index contributed by atoms with van der Waals surface area (Å²) in [6, 6.07) is 16.2. The summed E-state index contributed by atoms with van der Waals surface area (Å²) >= 11 is 0. The van der Waals surface area contributed by atoms with Crippen LogP contribution in [0.3, 0.4) is 0 Å². The first-order valence-electron chi connectivity index (χ1n) is 6.32. The van der Waals surface area contributed by atoms with Gasteiger partial charge in [-0.15, -0.1) is 0 Å². The molecule has 19 heavy (non-hydrogen) atoms. The summed E-state index contributed by atoms with van der Waals surface area (Å²) in [4.78, 5) is 2.20. The van der Waals surface area contributed by atoms with Gasteiger partial charge in [0.05, 0.1) is 11.4 Å². The molecule has 1 heterocycles. The molecule has 96 valence electrons. The Bertz CT molecular complexity index is 659. The van der Waals surface area contributed by atoms with Gasteiger partial charge >= 0.3 is 0 Å². The fourth-order valence-electron chi connectivity index (χ4n) is 2.59. The standard InChI is InChI=1S/C16H17N3/c1-19-10-11-6-2-3-7-12(11)15(17)16(18)13-8-4-5-9-14(13)19/h2-9H,10,17-18H2,1H3/b16-15-. The van der Waals surface area contributed by atoms with E-state index in [0.29, 0.717) is 11.4 Å². The average Bonchev–Trinajstić information content (AvgIpc) is 2.45. The molecule has 4 N–H and O–H groups in total. The van der Waals surface area contributed by atoms with Crippen LogP contribution < -0.4 is 16.4 Å². The summed E-state index contributed by atoms with van der Waals surface area (Å²) < 4.78 is 0. The van der Waals surface area contributed by atoms with Gasteiger partial charge in [0.2, 0.25) is 0 Å². The van der Waals surface area contributed by atoms with Crippen molar-refractivity contribution in [1.82, 2.24) is 0 Å². The first-order chi connectivity index (χ1) is 9.18. The Morgan fingerprint density at radius 2 is 1.42 bits per heavy atom. The van der Waals surface area contributed by atoms with E-state index in [4.69, 9.17) is 11.5 Å². The maximum Gasteiger partial charge on any atom is 0.0648 e. The minimum absolute atomic E-state index is 0.648. The molecule has 3 rings (SSSR count). The van der Waals surface area contributed by atoms with Crippen molar-refractivity contribution in [2.75, 3.05) is 11.9 Å². The summed E-state index contributed by atoms with van der Waals surface area (Å²) in [6.45, 7) is 0.821. The van der Waals surface area contributed by atoms with E-state index in [0.717, 1.165) is 23.4 Å². The molecule has 0 radical (unpaired) electrons. The molecule has 3 nitrogen and oxygen atoms in total. The highest BCUT2D eigenvalue weighted by Gasteiger charge is 2.18. The van der Waals surface area contributed by atoms with Gasteiger partial charge in [-0.3, -0.25) is 0 Å². The van der Waals surface area contributed by atoms with E-state index in [2.05, 4.69) is 24.1 Å². The van der Waals surface area contributed by atoms with Crippen molar-refractivity contribution < 1.29 is 0 Å². The Balaban J connectivity index is 2.31. The van der Waals surface area contributed by atoms with Crippen molar-refractivity contribution in [3.8, 4) is 0 Å². The lowest BCUT2D eigenvalue weighted by Gasteiger charge is -2.27. The summed E-state index contributed by atoms with van der Waals surface area (Å²) in [5.74, 6) is 0. The minimum Gasteiger partial charge on any atom is -0.397 e. The van der Waals surface area contributed by atoms with Crippen LogP contribution in [0.25, 0.3) is 11.4 Å². The topological polar surface area (TPSA) is 55.3 Å².